The number of imidazole rings is 1. The summed E-state index contributed by atoms with van der Waals surface area (Å²) in [4.78, 5) is 42.4. The lowest BCUT2D eigenvalue weighted by Gasteiger charge is -2.28. The van der Waals surface area contributed by atoms with Crippen LogP contribution in [0, 0.1) is 0 Å². The first-order valence-corrected chi connectivity index (χ1v) is 9.38. The van der Waals surface area contributed by atoms with Crippen LogP contribution in [0.3, 0.4) is 0 Å². The summed E-state index contributed by atoms with van der Waals surface area (Å²) in [7, 11) is 2.99. The monoisotopic (exact) mass is 414 g/mol. The van der Waals surface area contributed by atoms with E-state index in [1.807, 2.05) is 13.8 Å². The molecular weight excluding hydrogens is 396 g/mol. The van der Waals surface area contributed by atoms with Gasteiger partial charge in [0.15, 0.2) is 16.9 Å². The number of hydrogen-bond donors (Lipinski definition) is 0. The van der Waals surface area contributed by atoms with Gasteiger partial charge in [-0.1, -0.05) is 11.6 Å². The second-order valence-electron chi connectivity index (χ2n) is 7.06. The number of hydrazone groups is 1. The summed E-state index contributed by atoms with van der Waals surface area (Å²) in [6.45, 7) is 3.65. The van der Waals surface area contributed by atoms with Crippen molar-refractivity contribution in [3.05, 3.63) is 55.7 Å². The number of hydrogen-bond acceptors (Lipinski definition) is 6. The summed E-state index contributed by atoms with van der Waals surface area (Å²) in [5.74, 6) is 0.173. The number of benzene rings is 1. The molecule has 1 aromatic carbocycles. The van der Waals surface area contributed by atoms with Crippen LogP contribution in [0.2, 0.25) is 5.02 Å². The zero-order valence-electron chi connectivity index (χ0n) is 16.4. The van der Waals surface area contributed by atoms with Crippen molar-refractivity contribution >= 4 is 40.2 Å². The number of carbonyl (C=O) groups is 1. The van der Waals surface area contributed by atoms with Gasteiger partial charge in [-0.05, 0) is 38.1 Å². The highest BCUT2D eigenvalue weighted by Crippen LogP contribution is 2.29. The van der Waals surface area contributed by atoms with Gasteiger partial charge < -0.3 is 0 Å². The van der Waals surface area contributed by atoms with E-state index in [0.717, 1.165) is 10.3 Å². The first-order valence-electron chi connectivity index (χ1n) is 9.00. The Kier molecular flexibility index (Phi) is 4.42. The number of fused-ring (bicyclic) bond motifs is 3. The predicted molar refractivity (Wildman–Crippen MR) is 111 cm³/mol. The molecule has 150 valence electrons. The maximum absolute atomic E-state index is 12.8. The molecule has 3 heterocycles. The molecule has 29 heavy (non-hydrogen) atoms. The Morgan fingerprint density at radius 3 is 2.45 bits per heavy atom. The summed E-state index contributed by atoms with van der Waals surface area (Å²) >= 11 is 5.89. The minimum Gasteiger partial charge on any atom is -0.294 e. The maximum Gasteiger partial charge on any atom is 0.332 e. The van der Waals surface area contributed by atoms with E-state index in [1.54, 1.807) is 35.9 Å². The molecule has 1 aliphatic heterocycles. The normalized spacial score (nSPS) is 16.1. The molecule has 0 radical (unpaired) electrons. The fraction of sp³-hybridized carbons (Fsp3) is 0.316. The van der Waals surface area contributed by atoms with E-state index in [-0.39, 0.29) is 24.0 Å². The van der Waals surface area contributed by atoms with Crippen LogP contribution in [0.5, 0.6) is 0 Å². The van der Waals surface area contributed by atoms with Gasteiger partial charge in [0.2, 0.25) is 5.95 Å². The van der Waals surface area contributed by atoms with Crippen LogP contribution in [0.1, 0.15) is 30.2 Å². The highest BCUT2D eigenvalue weighted by molar-refractivity contribution is 6.30. The molecule has 0 saturated carbocycles. The van der Waals surface area contributed by atoms with E-state index < -0.39 is 11.2 Å². The van der Waals surface area contributed by atoms with Gasteiger partial charge in [0.1, 0.15) is 6.54 Å². The lowest BCUT2D eigenvalue weighted by molar-refractivity contribution is 0.0998. The van der Waals surface area contributed by atoms with Crippen molar-refractivity contribution in [1.82, 2.24) is 18.7 Å². The van der Waals surface area contributed by atoms with Gasteiger partial charge in [-0.3, -0.25) is 23.3 Å². The van der Waals surface area contributed by atoms with Crippen molar-refractivity contribution in [2.45, 2.75) is 19.9 Å². The Labute approximate surface area is 170 Å². The van der Waals surface area contributed by atoms with E-state index in [9.17, 15) is 14.4 Å². The highest BCUT2D eigenvalue weighted by atomic mass is 35.5. The molecule has 0 unspecified atom stereocenters. The molecule has 1 aliphatic rings. The predicted octanol–water partition coefficient (Wildman–Crippen LogP) is 1.73. The summed E-state index contributed by atoms with van der Waals surface area (Å²) in [5, 5.41) is 6.52. The molecule has 1 atom stereocenters. The molecule has 0 amide bonds. The van der Waals surface area contributed by atoms with Crippen molar-refractivity contribution in [1.29, 1.82) is 0 Å². The maximum atomic E-state index is 12.8. The Morgan fingerprint density at radius 2 is 1.79 bits per heavy atom. The number of Topliss-reactive ketones (excluding diaryl/α,β-unsaturated/α-hetero) is 1. The fourth-order valence-corrected chi connectivity index (χ4v) is 3.55. The number of aromatic nitrogens is 4. The molecule has 0 saturated heterocycles. The molecule has 10 heteroatoms. The Hall–Kier alpha value is -3.20. The minimum absolute atomic E-state index is 0.0662. The smallest absolute Gasteiger partial charge is 0.294 e. The van der Waals surface area contributed by atoms with Crippen LogP contribution >= 0.6 is 11.6 Å². The molecule has 0 fully saturated rings. The van der Waals surface area contributed by atoms with E-state index >= 15 is 0 Å². The van der Waals surface area contributed by atoms with Gasteiger partial charge in [0.05, 0.1) is 11.8 Å². The molecule has 4 rings (SSSR count). The zero-order chi connectivity index (χ0) is 21.0. The van der Waals surface area contributed by atoms with Crippen molar-refractivity contribution in [2.75, 3.05) is 11.6 Å². The van der Waals surface area contributed by atoms with Gasteiger partial charge >= 0.3 is 5.69 Å². The van der Waals surface area contributed by atoms with Crippen LogP contribution in [-0.2, 0) is 14.1 Å². The Morgan fingerprint density at radius 1 is 1.14 bits per heavy atom. The average molecular weight is 415 g/mol. The van der Waals surface area contributed by atoms with Crippen molar-refractivity contribution in [3.63, 3.8) is 0 Å². The van der Waals surface area contributed by atoms with E-state index in [0.29, 0.717) is 22.1 Å². The zero-order valence-corrected chi connectivity index (χ0v) is 17.1. The largest absolute Gasteiger partial charge is 0.332 e. The Balaban J connectivity index is 1.87. The lowest BCUT2D eigenvalue weighted by atomic mass is 10.1. The number of aryl methyl sites for hydroxylation is 1. The lowest BCUT2D eigenvalue weighted by Crippen LogP contribution is -2.39. The molecule has 2 aromatic heterocycles. The molecule has 0 bridgehead atoms. The molecule has 3 aromatic rings. The number of rotatable bonds is 3. The standard InChI is InChI=1S/C19H19ClN6O3/c1-10-11(2)26-15-16(23(3)19(29)24(4)17(15)28)21-18(26)25(22-10)9-14(27)12-5-7-13(20)8-6-12/h5-8,11H,9H2,1-4H3/t11-/m1/s1. The van der Waals surface area contributed by atoms with E-state index in [1.165, 1.54) is 16.6 Å². The summed E-state index contributed by atoms with van der Waals surface area (Å²) < 4.78 is 4.10. The van der Waals surface area contributed by atoms with Gasteiger partial charge in [0, 0.05) is 24.7 Å². The fourth-order valence-electron chi connectivity index (χ4n) is 3.43. The molecular formula is C19H19ClN6O3. The molecule has 0 N–H and O–H groups in total. The average Bonchev–Trinajstić information content (AvgIpc) is 3.10. The van der Waals surface area contributed by atoms with Gasteiger partial charge in [-0.15, -0.1) is 0 Å². The summed E-state index contributed by atoms with van der Waals surface area (Å²) in [5.41, 5.74) is 0.868. The second kappa shape index (κ2) is 6.70. The highest BCUT2D eigenvalue weighted by Gasteiger charge is 2.31. The SMILES string of the molecule is CC1=NN(CC(=O)c2ccc(Cl)cc2)c2nc3c(c(=O)n(C)c(=O)n3C)n2[C@@H]1C. The number of anilines is 1. The van der Waals surface area contributed by atoms with E-state index in [2.05, 4.69) is 10.1 Å². The number of halogens is 1. The van der Waals surface area contributed by atoms with E-state index in [4.69, 9.17) is 11.6 Å². The van der Waals surface area contributed by atoms with Crippen LogP contribution < -0.4 is 16.3 Å². The van der Waals surface area contributed by atoms with Crippen molar-refractivity contribution < 1.29 is 4.79 Å². The third kappa shape index (κ3) is 2.89. The van der Waals surface area contributed by atoms with Crippen LogP contribution in [-0.4, -0.2) is 36.7 Å². The summed E-state index contributed by atoms with van der Waals surface area (Å²) in [6.07, 6.45) is 0. The third-order valence-corrected chi connectivity index (χ3v) is 5.49. The minimum atomic E-state index is -0.466. The number of nitrogens with zero attached hydrogens (tertiary/aromatic N) is 6. The summed E-state index contributed by atoms with van der Waals surface area (Å²) in [6, 6.07) is 6.35. The van der Waals surface area contributed by atoms with Crippen molar-refractivity contribution in [2.24, 2.45) is 19.2 Å². The number of ketones is 1. The van der Waals surface area contributed by atoms with Gasteiger partial charge in [-0.25, -0.2) is 9.80 Å². The second-order valence-corrected chi connectivity index (χ2v) is 7.50. The first-order chi connectivity index (χ1) is 13.7. The quantitative estimate of drug-likeness (QED) is 0.608. The van der Waals surface area contributed by atoms with Gasteiger partial charge in [-0.2, -0.15) is 10.1 Å². The van der Waals surface area contributed by atoms with Crippen LogP contribution in [0.15, 0.2) is 39.0 Å². The molecule has 0 spiro atoms. The molecule has 9 nitrogen and oxygen atoms in total. The first kappa shape index (κ1) is 19.1. The Bertz CT molecular complexity index is 1300. The van der Waals surface area contributed by atoms with Gasteiger partial charge in [0.25, 0.3) is 5.56 Å². The number of carbonyl (C=O) groups excluding carboxylic acids is 1. The molecule has 0 aliphatic carbocycles. The van der Waals surface area contributed by atoms with Crippen LogP contribution in [0.4, 0.5) is 5.95 Å². The third-order valence-electron chi connectivity index (χ3n) is 5.23. The van der Waals surface area contributed by atoms with Crippen molar-refractivity contribution in [3.8, 4) is 0 Å². The van der Waals surface area contributed by atoms with Crippen LogP contribution in [0.25, 0.3) is 11.2 Å². The topological polar surface area (TPSA) is 94.5 Å².